The number of para-hydroxylation sites is 1. The van der Waals surface area contributed by atoms with Crippen LogP contribution in [-0.2, 0) is 13.6 Å². The van der Waals surface area contributed by atoms with Gasteiger partial charge in [-0.05, 0) is 19.9 Å². The van der Waals surface area contributed by atoms with E-state index in [2.05, 4.69) is 42.0 Å². The molecule has 0 aliphatic rings. The molecule has 1 heterocycles. The first-order chi connectivity index (χ1) is 8.63. The molecule has 98 valence electrons. The van der Waals surface area contributed by atoms with Gasteiger partial charge in [-0.15, -0.1) is 0 Å². The van der Waals surface area contributed by atoms with Gasteiger partial charge in [-0.2, -0.15) is 5.10 Å². The summed E-state index contributed by atoms with van der Waals surface area (Å²) in [6.45, 7) is 6.84. The molecule has 2 aromatic rings. The van der Waals surface area contributed by atoms with E-state index < -0.39 is 0 Å². The Balaban J connectivity index is 2.30. The molecule has 0 atom stereocenters. The molecule has 0 saturated heterocycles. The monoisotopic (exact) mass is 246 g/mol. The standard InChI is InChI=1S/C14H22N4/c1-11(2)18(9-8-15)10-13-12-6-4-5-7-14(12)17(3)16-13/h4-7,11H,8-10,15H2,1-3H3. The summed E-state index contributed by atoms with van der Waals surface area (Å²) in [6, 6.07) is 8.84. The molecule has 0 spiro atoms. The van der Waals surface area contributed by atoms with E-state index in [-0.39, 0.29) is 0 Å². The average Bonchev–Trinajstić information content (AvgIpc) is 2.66. The summed E-state index contributed by atoms with van der Waals surface area (Å²) in [6.07, 6.45) is 0. The fourth-order valence-electron chi connectivity index (χ4n) is 2.28. The quantitative estimate of drug-likeness (QED) is 0.874. The zero-order valence-corrected chi connectivity index (χ0v) is 11.4. The molecule has 0 amide bonds. The highest BCUT2D eigenvalue weighted by Crippen LogP contribution is 2.19. The molecule has 0 unspecified atom stereocenters. The molecule has 2 rings (SSSR count). The summed E-state index contributed by atoms with van der Waals surface area (Å²) in [4.78, 5) is 2.36. The SMILES string of the molecule is CC(C)N(CCN)Cc1nn(C)c2ccccc12. The van der Waals surface area contributed by atoms with Crippen LogP contribution in [0, 0.1) is 0 Å². The Labute approximate surface area is 108 Å². The van der Waals surface area contributed by atoms with Crippen molar-refractivity contribution in [3.05, 3.63) is 30.0 Å². The van der Waals surface area contributed by atoms with E-state index in [1.54, 1.807) is 0 Å². The number of hydrogen-bond acceptors (Lipinski definition) is 3. The van der Waals surface area contributed by atoms with Crippen LogP contribution >= 0.6 is 0 Å². The predicted molar refractivity (Wildman–Crippen MR) is 75.3 cm³/mol. The van der Waals surface area contributed by atoms with Crippen LogP contribution in [0.25, 0.3) is 10.9 Å². The summed E-state index contributed by atoms with van der Waals surface area (Å²) >= 11 is 0. The van der Waals surface area contributed by atoms with Gasteiger partial charge in [0.25, 0.3) is 0 Å². The average molecular weight is 246 g/mol. The number of aromatic nitrogens is 2. The Bertz CT molecular complexity index is 515. The van der Waals surface area contributed by atoms with E-state index in [0.29, 0.717) is 12.6 Å². The second-order valence-electron chi connectivity index (χ2n) is 4.94. The minimum Gasteiger partial charge on any atom is -0.329 e. The summed E-state index contributed by atoms with van der Waals surface area (Å²) in [5.41, 5.74) is 7.99. The van der Waals surface area contributed by atoms with E-state index in [4.69, 9.17) is 5.73 Å². The van der Waals surface area contributed by atoms with Crippen molar-refractivity contribution in [3.8, 4) is 0 Å². The third-order valence-electron chi connectivity index (χ3n) is 3.33. The third-order valence-corrected chi connectivity index (χ3v) is 3.33. The molecular weight excluding hydrogens is 224 g/mol. The van der Waals surface area contributed by atoms with E-state index in [0.717, 1.165) is 18.8 Å². The minimum absolute atomic E-state index is 0.481. The molecule has 0 radical (unpaired) electrons. The number of nitrogens with zero attached hydrogens (tertiary/aromatic N) is 3. The van der Waals surface area contributed by atoms with Gasteiger partial charge < -0.3 is 5.73 Å². The molecule has 0 aliphatic heterocycles. The number of hydrogen-bond donors (Lipinski definition) is 1. The summed E-state index contributed by atoms with van der Waals surface area (Å²) in [5.74, 6) is 0. The van der Waals surface area contributed by atoms with Crippen molar-refractivity contribution >= 4 is 10.9 Å². The molecule has 0 fully saturated rings. The van der Waals surface area contributed by atoms with Gasteiger partial charge in [-0.3, -0.25) is 9.58 Å². The van der Waals surface area contributed by atoms with Gasteiger partial charge >= 0.3 is 0 Å². The molecule has 18 heavy (non-hydrogen) atoms. The van der Waals surface area contributed by atoms with Crippen molar-refractivity contribution in [2.45, 2.75) is 26.4 Å². The molecule has 0 aliphatic carbocycles. The van der Waals surface area contributed by atoms with Crippen molar-refractivity contribution in [2.75, 3.05) is 13.1 Å². The van der Waals surface area contributed by atoms with Crippen LogP contribution in [0.3, 0.4) is 0 Å². The van der Waals surface area contributed by atoms with Gasteiger partial charge in [-0.1, -0.05) is 18.2 Å². The smallest absolute Gasteiger partial charge is 0.0843 e. The number of benzene rings is 1. The van der Waals surface area contributed by atoms with Crippen LogP contribution in [-0.4, -0.2) is 33.8 Å². The fraction of sp³-hybridized carbons (Fsp3) is 0.500. The maximum absolute atomic E-state index is 5.67. The van der Waals surface area contributed by atoms with Crippen molar-refractivity contribution in [1.82, 2.24) is 14.7 Å². The van der Waals surface area contributed by atoms with Crippen molar-refractivity contribution in [3.63, 3.8) is 0 Å². The highest BCUT2D eigenvalue weighted by Gasteiger charge is 2.14. The van der Waals surface area contributed by atoms with Crippen LogP contribution in [0.5, 0.6) is 0 Å². The van der Waals surface area contributed by atoms with Crippen LogP contribution in [0.15, 0.2) is 24.3 Å². The van der Waals surface area contributed by atoms with Crippen molar-refractivity contribution in [2.24, 2.45) is 12.8 Å². The first kappa shape index (κ1) is 13.1. The van der Waals surface area contributed by atoms with Crippen LogP contribution < -0.4 is 5.73 Å². The molecule has 1 aromatic carbocycles. The number of fused-ring (bicyclic) bond motifs is 1. The molecule has 1 aromatic heterocycles. The third kappa shape index (κ3) is 2.54. The Morgan fingerprint density at radius 3 is 2.72 bits per heavy atom. The fourth-order valence-corrected chi connectivity index (χ4v) is 2.28. The Morgan fingerprint density at radius 2 is 2.06 bits per heavy atom. The van der Waals surface area contributed by atoms with Gasteiger partial charge in [0.15, 0.2) is 0 Å². The maximum Gasteiger partial charge on any atom is 0.0843 e. The normalized spacial score (nSPS) is 11.9. The number of aryl methyl sites for hydroxylation is 1. The lowest BCUT2D eigenvalue weighted by atomic mass is 10.2. The lowest BCUT2D eigenvalue weighted by molar-refractivity contribution is 0.217. The number of rotatable bonds is 5. The Kier molecular flexibility index (Phi) is 3.99. The predicted octanol–water partition coefficient (Wildman–Crippen LogP) is 1.74. The molecule has 4 heteroatoms. The van der Waals surface area contributed by atoms with E-state index in [1.165, 1.54) is 10.9 Å². The summed E-state index contributed by atoms with van der Waals surface area (Å²) in [5, 5.41) is 5.87. The van der Waals surface area contributed by atoms with Crippen LogP contribution in [0.1, 0.15) is 19.5 Å². The van der Waals surface area contributed by atoms with Crippen molar-refractivity contribution < 1.29 is 0 Å². The highest BCUT2D eigenvalue weighted by molar-refractivity contribution is 5.81. The summed E-state index contributed by atoms with van der Waals surface area (Å²) < 4.78 is 1.95. The first-order valence-corrected chi connectivity index (χ1v) is 6.48. The van der Waals surface area contributed by atoms with Crippen molar-refractivity contribution in [1.29, 1.82) is 0 Å². The molecule has 0 saturated carbocycles. The highest BCUT2D eigenvalue weighted by atomic mass is 15.3. The Hall–Kier alpha value is -1.39. The molecular formula is C14H22N4. The van der Waals surface area contributed by atoms with Gasteiger partial charge in [0, 0.05) is 38.1 Å². The minimum atomic E-state index is 0.481. The Morgan fingerprint density at radius 1 is 1.33 bits per heavy atom. The van der Waals surface area contributed by atoms with Crippen LogP contribution in [0.2, 0.25) is 0 Å². The van der Waals surface area contributed by atoms with Gasteiger partial charge in [0.1, 0.15) is 0 Å². The molecule has 4 nitrogen and oxygen atoms in total. The lowest BCUT2D eigenvalue weighted by Crippen LogP contribution is -2.35. The van der Waals surface area contributed by atoms with Gasteiger partial charge in [-0.25, -0.2) is 0 Å². The number of nitrogens with two attached hydrogens (primary N) is 1. The van der Waals surface area contributed by atoms with E-state index in [9.17, 15) is 0 Å². The summed E-state index contributed by atoms with van der Waals surface area (Å²) in [7, 11) is 1.99. The van der Waals surface area contributed by atoms with Gasteiger partial charge in [0.05, 0.1) is 11.2 Å². The molecule has 0 bridgehead atoms. The second kappa shape index (κ2) is 5.50. The first-order valence-electron chi connectivity index (χ1n) is 6.48. The zero-order chi connectivity index (χ0) is 13.1. The maximum atomic E-state index is 5.67. The molecule has 2 N–H and O–H groups in total. The topological polar surface area (TPSA) is 47.1 Å². The van der Waals surface area contributed by atoms with E-state index >= 15 is 0 Å². The largest absolute Gasteiger partial charge is 0.329 e. The van der Waals surface area contributed by atoms with Gasteiger partial charge in [0.2, 0.25) is 0 Å². The van der Waals surface area contributed by atoms with E-state index in [1.807, 2.05) is 17.8 Å². The van der Waals surface area contributed by atoms with Crippen LogP contribution in [0.4, 0.5) is 0 Å². The zero-order valence-electron chi connectivity index (χ0n) is 11.4. The lowest BCUT2D eigenvalue weighted by Gasteiger charge is -2.24. The second-order valence-corrected chi connectivity index (χ2v) is 4.94.